The van der Waals surface area contributed by atoms with Gasteiger partial charge in [0.05, 0.1) is 0 Å². The third kappa shape index (κ3) is 5.77. The van der Waals surface area contributed by atoms with E-state index in [4.69, 9.17) is 4.18 Å². The van der Waals surface area contributed by atoms with E-state index in [-0.39, 0.29) is 11.2 Å². The van der Waals surface area contributed by atoms with Crippen molar-refractivity contribution in [2.24, 2.45) is 0 Å². The van der Waals surface area contributed by atoms with Crippen LogP contribution in [0, 0.1) is 0 Å². The van der Waals surface area contributed by atoms with E-state index in [0.29, 0.717) is 67.9 Å². The molecule has 2 aromatic carbocycles. The molecule has 4 rings (SSSR count). The minimum atomic E-state index is -2.64. The van der Waals surface area contributed by atoms with E-state index in [1.165, 1.54) is 4.57 Å². The minimum absolute atomic E-state index is 0.301. The molecule has 0 aliphatic carbocycles. The van der Waals surface area contributed by atoms with Gasteiger partial charge in [-0.3, -0.25) is 13.9 Å². The maximum Gasteiger partial charge on any atom is 0.332 e. The number of nitrogens with zero attached hydrogens (tertiary/aromatic N) is 3. The maximum absolute atomic E-state index is 13.2. The van der Waals surface area contributed by atoms with Crippen LogP contribution in [0.25, 0.3) is 11.2 Å². The molecule has 35 heavy (non-hydrogen) atoms. The summed E-state index contributed by atoms with van der Waals surface area (Å²) in [5.74, 6) is 0.928. The Labute approximate surface area is 204 Å². The Kier molecular flexibility index (Phi) is 7.94. The summed E-state index contributed by atoms with van der Waals surface area (Å²) in [5, 5.41) is 0. The van der Waals surface area contributed by atoms with Crippen molar-refractivity contribution in [2.45, 2.75) is 52.1 Å². The number of para-hydroxylation sites is 1. The Morgan fingerprint density at radius 2 is 1.74 bits per heavy atom. The fraction of sp³-hybridized carbons (Fsp3) is 0.320. The molecule has 0 amide bonds. The third-order valence-corrected chi connectivity index (χ3v) is 6.10. The van der Waals surface area contributed by atoms with Gasteiger partial charge in [-0.15, -0.1) is 0 Å². The number of unbranched alkanes of at least 4 members (excludes halogenated alkanes) is 1. The molecule has 184 valence electrons. The van der Waals surface area contributed by atoms with E-state index in [1.54, 1.807) is 16.7 Å². The highest BCUT2D eigenvalue weighted by Gasteiger charge is 2.17. The van der Waals surface area contributed by atoms with Gasteiger partial charge in [0.15, 0.2) is 5.65 Å². The molecular weight excluding hydrogens is 468 g/mol. The highest BCUT2D eigenvalue weighted by Crippen LogP contribution is 2.21. The van der Waals surface area contributed by atoms with E-state index < -0.39 is 11.4 Å². The van der Waals surface area contributed by atoms with E-state index in [2.05, 4.69) is 9.97 Å². The van der Waals surface area contributed by atoms with E-state index >= 15 is 0 Å². The molecule has 0 saturated heterocycles. The number of imidazole rings is 1. The van der Waals surface area contributed by atoms with Crippen LogP contribution in [-0.4, -0.2) is 27.9 Å². The van der Waals surface area contributed by atoms with Crippen LogP contribution in [0.15, 0.2) is 64.2 Å². The van der Waals surface area contributed by atoms with Gasteiger partial charge in [0.2, 0.25) is 0 Å². The van der Waals surface area contributed by atoms with Gasteiger partial charge < -0.3 is 13.7 Å². The molecule has 2 heterocycles. The van der Waals surface area contributed by atoms with Gasteiger partial charge in [-0.05, 0) is 42.9 Å². The fourth-order valence-corrected chi connectivity index (χ4v) is 4.47. The predicted octanol–water partition coefficient (Wildman–Crippen LogP) is 3.08. The molecule has 0 spiro atoms. The molecule has 1 unspecified atom stereocenters. The van der Waals surface area contributed by atoms with Crippen molar-refractivity contribution in [3.63, 3.8) is 0 Å². The number of H-pyrrole nitrogens is 1. The summed E-state index contributed by atoms with van der Waals surface area (Å²) in [5.41, 5.74) is 1.80. The van der Waals surface area contributed by atoms with Crippen LogP contribution in [0.4, 0.5) is 0 Å². The highest BCUT2D eigenvalue weighted by atomic mass is 32.2. The number of hydrogen-bond acceptors (Lipinski definition) is 6. The van der Waals surface area contributed by atoms with Crippen LogP contribution in [0.2, 0.25) is 0 Å². The average molecular weight is 496 g/mol. The number of hydrogen-bond donors (Lipinski definition) is 1. The van der Waals surface area contributed by atoms with Gasteiger partial charge in [0.1, 0.15) is 28.5 Å². The zero-order valence-corrected chi connectivity index (χ0v) is 20.3. The number of aryl methyl sites for hydroxylation is 2. The lowest BCUT2D eigenvalue weighted by molar-refractivity contribution is 0.437. The number of aromatic nitrogens is 4. The molecule has 0 saturated carbocycles. The van der Waals surface area contributed by atoms with Crippen LogP contribution in [0.3, 0.4) is 0 Å². The molecule has 0 bridgehead atoms. The monoisotopic (exact) mass is 495 g/mol. The third-order valence-electron chi connectivity index (χ3n) is 5.78. The van der Waals surface area contributed by atoms with E-state index in [9.17, 15) is 18.4 Å². The van der Waals surface area contributed by atoms with Crippen molar-refractivity contribution in [3.8, 4) is 5.75 Å². The Balaban J connectivity index is 1.58. The van der Waals surface area contributed by atoms with Gasteiger partial charge >= 0.3 is 5.69 Å². The average Bonchev–Trinajstić information content (AvgIpc) is 3.26. The van der Waals surface area contributed by atoms with E-state index in [1.807, 2.05) is 49.4 Å². The first kappa shape index (κ1) is 24.6. The van der Waals surface area contributed by atoms with Crippen molar-refractivity contribution >= 4 is 22.5 Å². The predicted molar refractivity (Wildman–Crippen MR) is 133 cm³/mol. The molecule has 10 heteroatoms. The molecule has 2 aromatic heterocycles. The summed E-state index contributed by atoms with van der Waals surface area (Å²) in [4.78, 5) is 34.0. The maximum atomic E-state index is 13.2. The second kappa shape index (κ2) is 11.3. The van der Waals surface area contributed by atoms with Gasteiger partial charge in [-0.1, -0.05) is 55.5 Å². The van der Waals surface area contributed by atoms with E-state index in [0.717, 1.165) is 11.1 Å². The van der Waals surface area contributed by atoms with Crippen LogP contribution < -0.4 is 15.4 Å². The number of benzene rings is 2. The molecule has 0 aliphatic rings. The Morgan fingerprint density at radius 1 is 1.00 bits per heavy atom. The van der Waals surface area contributed by atoms with Gasteiger partial charge in [0, 0.05) is 19.5 Å². The number of fused-ring (bicyclic) bond motifs is 1. The van der Waals surface area contributed by atoms with Crippen LogP contribution in [-0.2, 0) is 37.3 Å². The first-order valence-electron chi connectivity index (χ1n) is 11.6. The molecule has 0 radical (unpaired) electrons. The summed E-state index contributed by atoms with van der Waals surface area (Å²) in [7, 11) is 0. The van der Waals surface area contributed by atoms with Crippen molar-refractivity contribution in [1.29, 1.82) is 0 Å². The summed E-state index contributed by atoms with van der Waals surface area (Å²) >= 11 is -2.64. The Morgan fingerprint density at radius 3 is 2.49 bits per heavy atom. The van der Waals surface area contributed by atoms with Crippen molar-refractivity contribution < 1.29 is 12.9 Å². The van der Waals surface area contributed by atoms with Crippen LogP contribution in [0.5, 0.6) is 5.75 Å². The summed E-state index contributed by atoms with van der Waals surface area (Å²) < 4.78 is 29.5. The summed E-state index contributed by atoms with van der Waals surface area (Å²) in [6, 6.07) is 16.8. The summed E-state index contributed by atoms with van der Waals surface area (Å²) in [6.45, 7) is 2.63. The number of rotatable bonds is 11. The van der Waals surface area contributed by atoms with Crippen molar-refractivity contribution in [3.05, 3.63) is 92.4 Å². The largest absolute Gasteiger partial charge is 0.740 e. The van der Waals surface area contributed by atoms with Gasteiger partial charge in [0.25, 0.3) is 5.56 Å². The van der Waals surface area contributed by atoms with Crippen LogP contribution in [0.1, 0.15) is 43.1 Å². The molecule has 1 N–H and O–H groups in total. The molecule has 9 nitrogen and oxygen atoms in total. The first-order chi connectivity index (χ1) is 17.0. The quantitative estimate of drug-likeness (QED) is 0.252. The normalized spacial score (nSPS) is 12.2. The fourth-order valence-electron chi connectivity index (χ4n) is 4.16. The first-order valence-corrected chi connectivity index (χ1v) is 12.6. The molecule has 4 aromatic rings. The topological polar surface area (TPSA) is 122 Å². The standard InChI is InChI=1S/C25H28N4O5S/c1-2-15-29-24(30)22-23(27-21(26-22)17-18-10-4-3-5-11-18)28(25(29)31)16-9-8-13-19-12-6-7-14-20(19)34-35(32)33/h3-7,10-12,14H,2,8-9,13,15-17H2,1H3,(H,26,27)(H,32,33)/p-1. The number of nitrogens with one attached hydrogen (secondary N) is 1. The molecule has 0 aliphatic heterocycles. The Hall–Kier alpha value is -3.50. The van der Waals surface area contributed by atoms with Gasteiger partial charge in [-0.2, -0.15) is 0 Å². The van der Waals surface area contributed by atoms with Gasteiger partial charge in [-0.25, -0.2) is 14.0 Å². The zero-order chi connectivity index (χ0) is 24.8. The minimum Gasteiger partial charge on any atom is -0.740 e. The van der Waals surface area contributed by atoms with Crippen LogP contribution >= 0.6 is 0 Å². The number of aromatic amines is 1. The smallest absolute Gasteiger partial charge is 0.332 e. The lowest BCUT2D eigenvalue weighted by Crippen LogP contribution is -2.40. The van der Waals surface area contributed by atoms with Crippen molar-refractivity contribution in [1.82, 2.24) is 19.1 Å². The molecule has 1 atom stereocenters. The summed E-state index contributed by atoms with van der Waals surface area (Å²) in [6.07, 6.45) is 3.08. The van der Waals surface area contributed by atoms with Crippen molar-refractivity contribution in [2.75, 3.05) is 0 Å². The second-order valence-corrected chi connectivity index (χ2v) is 8.86. The second-order valence-electron chi connectivity index (χ2n) is 8.29. The lowest BCUT2D eigenvalue weighted by Gasteiger charge is -2.13. The lowest BCUT2D eigenvalue weighted by atomic mass is 10.1. The highest BCUT2D eigenvalue weighted by molar-refractivity contribution is 7.74. The molecular formula is C25H27N4O5S-. The zero-order valence-electron chi connectivity index (χ0n) is 19.4. The molecule has 0 fully saturated rings. The Bertz CT molecular complexity index is 1440. The SMILES string of the molecule is CCCn1c(=O)c2[nH]c(Cc3ccccc3)nc2n(CCCCc2ccccc2OS(=O)[O-])c1=O.